The molecule has 0 saturated carbocycles. The maximum absolute atomic E-state index is 12.8. The molecule has 0 bridgehead atoms. The Morgan fingerprint density at radius 1 is 1.53 bits per heavy atom. The van der Waals surface area contributed by atoms with E-state index in [9.17, 15) is 13.6 Å². The molecule has 1 N–H and O–H groups in total. The highest BCUT2D eigenvalue weighted by Gasteiger charge is 2.50. The Morgan fingerprint density at radius 3 is 2.94 bits per heavy atom. The fraction of sp³-hybridized carbons (Fsp3) is 0.545. The highest BCUT2D eigenvalue weighted by molar-refractivity contribution is 5.79. The Morgan fingerprint density at radius 2 is 2.35 bits per heavy atom. The van der Waals surface area contributed by atoms with E-state index in [0.29, 0.717) is 13.0 Å². The standard InChI is InChI=1S/C11H13F2NO3/c12-11(13)6-9(17-10(11)15)7-14-4-3-8-2-1-5-16-8/h1-2,5,9,14H,3-4,6-7H2. The molecule has 0 aliphatic carbocycles. The van der Waals surface area contributed by atoms with Crippen molar-refractivity contribution in [3.63, 3.8) is 0 Å². The fourth-order valence-corrected chi connectivity index (χ4v) is 1.69. The SMILES string of the molecule is O=C1OC(CNCCc2ccco2)CC1(F)F. The number of ether oxygens (including phenoxy) is 1. The summed E-state index contributed by atoms with van der Waals surface area (Å²) in [5.41, 5.74) is 0. The van der Waals surface area contributed by atoms with Crippen LogP contribution in [0.1, 0.15) is 12.2 Å². The van der Waals surface area contributed by atoms with Crippen LogP contribution in [-0.4, -0.2) is 31.1 Å². The average Bonchev–Trinajstić information content (AvgIpc) is 2.83. The molecule has 94 valence electrons. The molecule has 1 unspecified atom stereocenters. The molecule has 1 aromatic heterocycles. The summed E-state index contributed by atoms with van der Waals surface area (Å²) in [6.45, 7) is 0.829. The highest BCUT2D eigenvalue weighted by atomic mass is 19.3. The number of alkyl halides is 2. The van der Waals surface area contributed by atoms with Gasteiger partial charge in [-0.15, -0.1) is 0 Å². The minimum absolute atomic E-state index is 0.238. The molecule has 2 rings (SSSR count). The van der Waals surface area contributed by atoms with Crippen LogP contribution in [0.25, 0.3) is 0 Å². The minimum atomic E-state index is -3.33. The van der Waals surface area contributed by atoms with Crippen molar-refractivity contribution in [3.8, 4) is 0 Å². The van der Waals surface area contributed by atoms with E-state index in [2.05, 4.69) is 10.1 Å². The molecule has 4 nitrogen and oxygen atoms in total. The molecule has 1 aliphatic heterocycles. The van der Waals surface area contributed by atoms with Gasteiger partial charge in [-0.25, -0.2) is 4.79 Å². The second kappa shape index (κ2) is 4.83. The molecule has 0 spiro atoms. The molecule has 1 aromatic rings. The number of nitrogens with one attached hydrogen (secondary N) is 1. The number of carbonyl (C=O) groups excluding carboxylic acids is 1. The first-order valence-corrected chi connectivity index (χ1v) is 5.40. The van der Waals surface area contributed by atoms with Gasteiger partial charge in [0.1, 0.15) is 11.9 Å². The van der Waals surface area contributed by atoms with E-state index in [-0.39, 0.29) is 6.54 Å². The quantitative estimate of drug-likeness (QED) is 0.628. The molecule has 1 aliphatic rings. The number of cyclic esters (lactones) is 1. The van der Waals surface area contributed by atoms with E-state index in [4.69, 9.17) is 4.42 Å². The van der Waals surface area contributed by atoms with Gasteiger partial charge in [-0.3, -0.25) is 0 Å². The molecule has 1 atom stereocenters. The van der Waals surface area contributed by atoms with Crippen LogP contribution in [0.4, 0.5) is 8.78 Å². The fourth-order valence-electron chi connectivity index (χ4n) is 1.69. The predicted molar refractivity (Wildman–Crippen MR) is 54.7 cm³/mol. The summed E-state index contributed by atoms with van der Waals surface area (Å²) in [6, 6.07) is 3.63. The maximum atomic E-state index is 12.8. The summed E-state index contributed by atoms with van der Waals surface area (Å²) < 4.78 is 35.3. The number of rotatable bonds is 5. The van der Waals surface area contributed by atoms with Gasteiger partial charge in [-0.05, 0) is 12.1 Å². The van der Waals surface area contributed by atoms with Gasteiger partial charge in [-0.2, -0.15) is 8.78 Å². The van der Waals surface area contributed by atoms with Crippen LogP contribution in [0.5, 0.6) is 0 Å². The van der Waals surface area contributed by atoms with Crippen molar-refractivity contribution >= 4 is 5.97 Å². The zero-order chi connectivity index (χ0) is 12.3. The number of hydrogen-bond donors (Lipinski definition) is 1. The first-order valence-electron chi connectivity index (χ1n) is 5.40. The largest absolute Gasteiger partial charge is 0.469 e. The first-order chi connectivity index (χ1) is 8.08. The van der Waals surface area contributed by atoms with Gasteiger partial charge >= 0.3 is 11.9 Å². The van der Waals surface area contributed by atoms with Crippen LogP contribution < -0.4 is 5.32 Å². The molecule has 0 amide bonds. The van der Waals surface area contributed by atoms with Gasteiger partial charge in [-0.1, -0.05) is 0 Å². The topological polar surface area (TPSA) is 51.5 Å². The van der Waals surface area contributed by atoms with Gasteiger partial charge < -0.3 is 14.5 Å². The van der Waals surface area contributed by atoms with Crippen molar-refractivity contribution < 1.29 is 22.7 Å². The molecule has 0 radical (unpaired) electrons. The third kappa shape index (κ3) is 3.03. The molecular weight excluding hydrogens is 232 g/mol. The number of hydrogen-bond acceptors (Lipinski definition) is 4. The van der Waals surface area contributed by atoms with Crippen molar-refractivity contribution in [3.05, 3.63) is 24.2 Å². The van der Waals surface area contributed by atoms with Gasteiger partial charge in [0.05, 0.1) is 12.7 Å². The molecule has 1 saturated heterocycles. The second-order valence-electron chi connectivity index (χ2n) is 3.97. The van der Waals surface area contributed by atoms with Crippen molar-refractivity contribution in [1.29, 1.82) is 0 Å². The van der Waals surface area contributed by atoms with Crippen LogP contribution >= 0.6 is 0 Å². The summed E-state index contributed by atoms with van der Waals surface area (Å²) >= 11 is 0. The molecule has 17 heavy (non-hydrogen) atoms. The Labute approximate surface area is 96.9 Å². The van der Waals surface area contributed by atoms with Crippen molar-refractivity contribution in [2.75, 3.05) is 13.1 Å². The smallest absolute Gasteiger partial charge is 0.377 e. The summed E-state index contributed by atoms with van der Waals surface area (Å²) in [5.74, 6) is -3.92. The second-order valence-corrected chi connectivity index (χ2v) is 3.97. The lowest BCUT2D eigenvalue weighted by atomic mass is 10.2. The Hall–Kier alpha value is -1.43. The monoisotopic (exact) mass is 245 g/mol. The Kier molecular flexibility index (Phi) is 3.42. The van der Waals surface area contributed by atoms with Crippen molar-refractivity contribution in [2.45, 2.75) is 24.9 Å². The van der Waals surface area contributed by atoms with Crippen LogP contribution in [0, 0.1) is 0 Å². The summed E-state index contributed by atoms with van der Waals surface area (Å²) in [6.07, 6.45) is 0.965. The lowest BCUT2D eigenvalue weighted by molar-refractivity contribution is -0.159. The number of halogens is 2. The summed E-state index contributed by atoms with van der Waals surface area (Å²) in [4.78, 5) is 10.7. The van der Waals surface area contributed by atoms with E-state index < -0.39 is 24.4 Å². The van der Waals surface area contributed by atoms with Crippen molar-refractivity contribution in [2.24, 2.45) is 0 Å². The van der Waals surface area contributed by atoms with Crippen LogP contribution in [0.2, 0.25) is 0 Å². The number of carbonyl (C=O) groups is 1. The minimum Gasteiger partial charge on any atom is -0.469 e. The zero-order valence-corrected chi connectivity index (χ0v) is 9.12. The normalized spacial score (nSPS) is 22.7. The summed E-state index contributed by atoms with van der Waals surface area (Å²) in [5, 5.41) is 2.95. The van der Waals surface area contributed by atoms with E-state index in [0.717, 1.165) is 5.76 Å². The molecule has 2 heterocycles. The Bertz CT molecular complexity index is 378. The van der Waals surface area contributed by atoms with Crippen LogP contribution in [0.15, 0.2) is 22.8 Å². The van der Waals surface area contributed by atoms with Gasteiger partial charge in [0.15, 0.2) is 0 Å². The number of furan rings is 1. The first kappa shape index (κ1) is 12.0. The van der Waals surface area contributed by atoms with Gasteiger partial charge in [0.2, 0.25) is 0 Å². The van der Waals surface area contributed by atoms with E-state index >= 15 is 0 Å². The molecular formula is C11H13F2NO3. The molecule has 6 heteroatoms. The average molecular weight is 245 g/mol. The summed E-state index contributed by atoms with van der Waals surface area (Å²) in [7, 11) is 0. The third-order valence-electron chi connectivity index (χ3n) is 2.56. The maximum Gasteiger partial charge on any atom is 0.377 e. The van der Waals surface area contributed by atoms with E-state index in [1.54, 1.807) is 12.3 Å². The third-order valence-corrected chi connectivity index (χ3v) is 2.56. The predicted octanol–water partition coefficient (Wildman–Crippen LogP) is 1.36. The van der Waals surface area contributed by atoms with E-state index in [1.807, 2.05) is 6.07 Å². The van der Waals surface area contributed by atoms with Crippen LogP contribution in [-0.2, 0) is 16.0 Å². The van der Waals surface area contributed by atoms with Gasteiger partial charge in [0.25, 0.3) is 0 Å². The van der Waals surface area contributed by atoms with Crippen LogP contribution in [0.3, 0.4) is 0 Å². The lowest BCUT2D eigenvalue weighted by Gasteiger charge is -2.09. The highest BCUT2D eigenvalue weighted by Crippen LogP contribution is 2.30. The lowest BCUT2D eigenvalue weighted by Crippen LogP contribution is -2.28. The van der Waals surface area contributed by atoms with Crippen molar-refractivity contribution in [1.82, 2.24) is 5.32 Å². The molecule has 1 fully saturated rings. The Balaban J connectivity index is 1.65. The number of esters is 1. The zero-order valence-electron chi connectivity index (χ0n) is 9.12. The van der Waals surface area contributed by atoms with E-state index in [1.165, 1.54) is 0 Å². The molecule has 0 aromatic carbocycles. The van der Waals surface area contributed by atoms with Gasteiger partial charge in [0, 0.05) is 19.5 Å².